The van der Waals surface area contributed by atoms with Gasteiger partial charge in [-0.25, -0.2) is 18.7 Å². The van der Waals surface area contributed by atoms with E-state index in [9.17, 15) is 8.78 Å². The summed E-state index contributed by atoms with van der Waals surface area (Å²) in [7, 11) is 0. The zero-order valence-corrected chi connectivity index (χ0v) is 12.3. The molecule has 1 aromatic heterocycles. The maximum atomic E-state index is 13.2. The van der Waals surface area contributed by atoms with E-state index in [4.69, 9.17) is 0 Å². The Labute approximate surface area is 123 Å². The van der Waals surface area contributed by atoms with Gasteiger partial charge in [0, 0.05) is 18.3 Å². The summed E-state index contributed by atoms with van der Waals surface area (Å²) in [5, 5.41) is 6.05. The molecule has 0 unspecified atom stereocenters. The van der Waals surface area contributed by atoms with Crippen molar-refractivity contribution in [3.8, 4) is 0 Å². The van der Waals surface area contributed by atoms with Crippen LogP contribution in [0.4, 0.5) is 26.1 Å². The Hall–Kier alpha value is -1.76. The minimum atomic E-state index is -0.912. The molecule has 2 aromatic rings. The molecule has 0 saturated heterocycles. The van der Waals surface area contributed by atoms with Gasteiger partial charge in [-0.05, 0) is 34.5 Å². The van der Waals surface area contributed by atoms with Crippen molar-refractivity contribution in [3.63, 3.8) is 0 Å². The van der Waals surface area contributed by atoms with E-state index in [1.54, 1.807) is 0 Å². The monoisotopic (exact) mass is 342 g/mol. The second kappa shape index (κ2) is 6.60. The highest BCUT2D eigenvalue weighted by Gasteiger charge is 2.09. The Morgan fingerprint density at radius 1 is 1.15 bits per heavy atom. The van der Waals surface area contributed by atoms with E-state index in [1.807, 2.05) is 6.92 Å². The fourth-order valence-corrected chi connectivity index (χ4v) is 1.98. The molecule has 20 heavy (non-hydrogen) atoms. The second-order valence-electron chi connectivity index (χ2n) is 4.07. The first-order valence-electron chi connectivity index (χ1n) is 6.08. The standard InChI is InChI=1S/C13H13BrF2N4/c1-2-5-17-12-11(14)13(19-7-18-12)20-8-3-4-9(15)10(16)6-8/h3-4,6-7H,2,5H2,1H3,(H2,17,18,19,20). The number of hydrogen-bond acceptors (Lipinski definition) is 4. The van der Waals surface area contributed by atoms with Gasteiger partial charge < -0.3 is 10.6 Å². The molecule has 0 aliphatic carbocycles. The first-order chi connectivity index (χ1) is 9.61. The molecule has 0 spiro atoms. The molecule has 1 heterocycles. The van der Waals surface area contributed by atoms with E-state index >= 15 is 0 Å². The first kappa shape index (κ1) is 14.6. The summed E-state index contributed by atoms with van der Waals surface area (Å²) in [6, 6.07) is 3.57. The summed E-state index contributed by atoms with van der Waals surface area (Å²) in [5.74, 6) is -0.677. The SMILES string of the molecule is CCCNc1ncnc(Nc2ccc(F)c(F)c2)c1Br. The highest BCUT2D eigenvalue weighted by Crippen LogP contribution is 2.29. The van der Waals surface area contributed by atoms with Crippen molar-refractivity contribution in [3.05, 3.63) is 40.6 Å². The lowest BCUT2D eigenvalue weighted by Gasteiger charge is -2.11. The molecule has 106 valence electrons. The fourth-order valence-electron chi connectivity index (χ4n) is 1.53. The van der Waals surface area contributed by atoms with Gasteiger partial charge in [-0.1, -0.05) is 6.92 Å². The third-order valence-corrected chi connectivity index (χ3v) is 3.27. The number of aromatic nitrogens is 2. The van der Waals surface area contributed by atoms with Gasteiger partial charge in [0.1, 0.15) is 22.4 Å². The highest BCUT2D eigenvalue weighted by atomic mass is 79.9. The van der Waals surface area contributed by atoms with Gasteiger partial charge in [0.15, 0.2) is 11.6 Å². The van der Waals surface area contributed by atoms with Crippen molar-refractivity contribution in [1.82, 2.24) is 9.97 Å². The first-order valence-corrected chi connectivity index (χ1v) is 6.87. The third kappa shape index (κ3) is 3.41. The normalized spacial score (nSPS) is 10.4. The molecule has 1 aromatic carbocycles. The van der Waals surface area contributed by atoms with E-state index in [1.165, 1.54) is 12.4 Å². The van der Waals surface area contributed by atoms with Gasteiger partial charge in [-0.15, -0.1) is 0 Å². The molecule has 0 aliphatic rings. The summed E-state index contributed by atoms with van der Waals surface area (Å²) in [5.41, 5.74) is 0.407. The number of rotatable bonds is 5. The largest absolute Gasteiger partial charge is 0.369 e. The van der Waals surface area contributed by atoms with E-state index in [0.29, 0.717) is 21.8 Å². The lowest BCUT2D eigenvalue weighted by Crippen LogP contribution is -2.05. The minimum Gasteiger partial charge on any atom is -0.369 e. The van der Waals surface area contributed by atoms with Crippen molar-refractivity contribution in [1.29, 1.82) is 0 Å². The smallest absolute Gasteiger partial charge is 0.160 e. The van der Waals surface area contributed by atoms with Crippen molar-refractivity contribution >= 4 is 33.3 Å². The molecule has 0 fully saturated rings. The Bertz CT molecular complexity index is 607. The molecule has 2 N–H and O–H groups in total. The molecule has 4 nitrogen and oxygen atoms in total. The molecule has 7 heteroatoms. The molecular weight excluding hydrogens is 330 g/mol. The van der Waals surface area contributed by atoms with E-state index < -0.39 is 11.6 Å². The van der Waals surface area contributed by atoms with Gasteiger partial charge in [0.05, 0.1) is 0 Å². The van der Waals surface area contributed by atoms with Crippen LogP contribution in [0.5, 0.6) is 0 Å². The molecule has 2 rings (SSSR count). The molecule has 0 aliphatic heterocycles. The Morgan fingerprint density at radius 3 is 2.60 bits per heavy atom. The van der Waals surface area contributed by atoms with E-state index in [0.717, 1.165) is 25.1 Å². The van der Waals surface area contributed by atoms with Gasteiger partial charge in [-0.2, -0.15) is 0 Å². The topological polar surface area (TPSA) is 49.8 Å². The lowest BCUT2D eigenvalue weighted by molar-refractivity contribution is 0.509. The molecular formula is C13H13BrF2N4. The van der Waals surface area contributed by atoms with Crippen LogP contribution in [0.3, 0.4) is 0 Å². The maximum Gasteiger partial charge on any atom is 0.160 e. The van der Waals surface area contributed by atoms with Crippen LogP contribution in [0, 0.1) is 11.6 Å². The summed E-state index contributed by atoms with van der Waals surface area (Å²) >= 11 is 3.38. The second-order valence-corrected chi connectivity index (χ2v) is 4.86. The minimum absolute atomic E-state index is 0.407. The van der Waals surface area contributed by atoms with Crippen LogP contribution in [-0.2, 0) is 0 Å². The van der Waals surface area contributed by atoms with Crippen molar-refractivity contribution < 1.29 is 8.78 Å². The van der Waals surface area contributed by atoms with Gasteiger partial charge in [0.2, 0.25) is 0 Å². The van der Waals surface area contributed by atoms with Crippen molar-refractivity contribution in [2.24, 2.45) is 0 Å². The lowest BCUT2D eigenvalue weighted by atomic mass is 10.3. The molecule has 0 saturated carbocycles. The van der Waals surface area contributed by atoms with Gasteiger partial charge in [-0.3, -0.25) is 0 Å². The van der Waals surface area contributed by atoms with Crippen molar-refractivity contribution in [2.45, 2.75) is 13.3 Å². The predicted octanol–water partition coefficient (Wildman–Crippen LogP) is 4.08. The Kier molecular flexibility index (Phi) is 4.84. The van der Waals surface area contributed by atoms with Crippen LogP contribution >= 0.6 is 15.9 Å². The fraction of sp³-hybridized carbons (Fsp3) is 0.231. The number of halogens is 3. The summed E-state index contributed by atoms with van der Waals surface area (Å²) in [4.78, 5) is 8.18. The van der Waals surface area contributed by atoms with Crippen LogP contribution in [0.1, 0.15) is 13.3 Å². The summed E-state index contributed by atoms with van der Waals surface area (Å²) in [6.45, 7) is 2.82. The van der Waals surface area contributed by atoms with Crippen LogP contribution in [-0.4, -0.2) is 16.5 Å². The zero-order chi connectivity index (χ0) is 14.5. The van der Waals surface area contributed by atoms with Gasteiger partial charge >= 0.3 is 0 Å². The summed E-state index contributed by atoms with van der Waals surface area (Å²) in [6.07, 6.45) is 2.35. The highest BCUT2D eigenvalue weighted by molar-refractivity contribution is 9.10. The Balaban J connectivity index is 2.22. The van der Waals surface area contributed by atoms with Crippen LogP contribution in [0.25, 0.3) is 0 Å². The summed E-state index contributed by atoms with van der Waals surface area (Å²) < 4.78 is 26.7. The number of nitrogens with one attached hydrogen (secondary N) is 2. The predicted molar refractivity (Wildman–Crippen MR) is 78.2 cm³/mol. The van der Waals surface area contributed by atoms with Crippen molar-refractivity contribution in [2.75, 3.05) is 17.2 Å². The van der Waals surface area contributed by atoms with Crippen LogP contribution in [0.15, 0.2) is 29.0 Å². The van der Waals surface area contributed by atoms with E-state index in [-0.39, 0.29) is 0 Å². The molecule has 0 atom stereocenters. The zero-order valence-electron chi connectivity index (χ0n) is 10.8. The quantitative estimate of drug-likeness (QED) is 0.859. The average Bonchev–Trinajstić information content (AvgIpc) is 2.44. The third-order valence-electron chi connectivity index (χ3n) is 2.51. The molecule has 0 amide bonds. The van der Waals surface area contributed by atoms with Gasteiger partial charge in [0.25, 0.3) is 0 Å². The number of nitrogens with zero attached hydrogens (tertiary/aromatic N) is 2. The molecule has 0 radical (unpaired) electrons. The van der Waals surface area contributed by atoms with E-state index in [2.05, 4.69) is 36.5 Å². The number of benzene rings is 1. The number of anilines is 3. The van der Waals surface area contributed by atoms with Crippen LogP contribution in [0.2, 0.25) is 0 Å². The molecule has 0 bridgehead atoms. The number of hydrogen-bond donors (Lipinski definition) is 2. The maximum absolute atomic E-state index is 13.2. The average molecular weight is 343 g/mol. The van der Waals surface area contributed by atoms with Crippen LogP contribution < -0.4 is 10.6 Å². The Morgan fingerprint density at radius 2 is 1.90 bits per heavy atom.